The molecule has 2 N–H and O–H groups in total. The summed E-state index contributed by atoms with van der Waals surface area (Å²) < 4.78 is 0. The van der Waals surface area contributed by atoms with E-state index in [0.717, 1.165) is 11.3 Å². The monoisotopic (exact) mass is 313 g/mol. The van der Waals surface area contributed by atoms with Crippen molar-refractivity contribution in [2.24, 2.45) is 5.73 Å². The standard InChI is InChI=1S/C19H23NOS/c1-19(2,3)16-11-9-14(10-12-16)13-22-17(18(20)21)15-7-5-4-6-8-15/h4-12,17H,13H2,1-3H3,(H2,20,21)/t17-/m1/s1. The highest BCUT2D eigenvalue weighted by atomic mass is 32.2. The van der Waals surface area contributed by atoms with Gasteiger partial charge in [0.05, 0.1) is 0 Å². The molecular formula is C19H23NOS. The van der Waals surface area contributed by atoms with Gasteiger partial charge in [0.25, 0.3) is 0 Å². The van der Waals surface area contributed by atoms with Crippen LogP contribution in [0.15, 0.2) is 54.6 Å². The summed E-state index contributed by atoms with van der Waals surface area (Å²) in [4.78, 5) is 11.7. The highest BCUT2D eigenvalue weighted by molar-refractivity contribution is 7.99. The van der Waals surface area contributed by atoms with Gasteiger partial charge in [0.2, 0.25) is 5.91 Å². The number of benzene rings is 2. The maximum Gasteiger partial charge on any atom is 0.235 e. The van der Waals surface area contributed by atoms with Crippen LogP contribution in [0.4, 0.5) is 0 Å². The topological polar surface area (TPSA) is 43.1 Å². The van der Waals surface area contributed by atoms with Gasteiger partial charge in [0.15, 0.2) is 0 Å². The SMILES string of the molecule is CC(C)(C)c1ccc(CS[C@@H](C(N)=O)c2ccccc2)cc1. The van der Waals surface area contributed by atoms with E-state index < -0.39 is 0 Å². The van der Waals surface area contributed by atoms with E-state index in [4.69, 9.17) is 5.73 Å². The molecule has 2 nitrogen and oxygen atoms in total. The quantitative estimate of drug-likeness (QED) is 0.886. The lowest BCUT2D eigenvalue weighted by atomic mass is 9.87. The number of nitrogens with two attached hydrogens (primary N) is 1. The average Bonchev–Trinajstić information content (AvgIpc) is 2.48. The van der Waals surface area contributed by atoms with E-state index in [2.05, 4.69) is 45.0 Å². The first-order valence-electron chi connectivity index (χ1n) is 7.43. The first-order valence-corrected chi connectivity index (χ1v) is 8.48. The summed E-state index contributed by atoms with van der Waals surface area (Å²) in [5, 5.41) is -0.302. The van der Waals surface area contributed by atoms with Gasteiger partial charge in [-0.15, -0.1) is 11.8 Å². The van der Waals surface area contributed by atoms with E-state index in [9.17, 15) is 4.79 Å². The molecule has 116 valence electrons. The van der Waals surface area contributed by atoms with Crippen LogP contribution in [0, 0.1) is 0 Å². The Morgan fingerprint density at radius 1 is 1.05 bits per heavy atom. The smallest absolute Gasteiger partial charge is 0.235 e. The number of carbonyl (C=O) groups is 1. The summed E-state index contributed by atoms with van der Waals surface area (Å²) in [5.74, 6) is 0.481. The van der Waals surface area contributed by atoms with Crippen molar-refractivity contribution in [2.45, 2.75) is 37.2 Å². The number of carbonyl (C=O) groups excluding carboxylic acids is 1. The summed E-state index contributed by atoms with van der Waals surface area (Å²) in [6, 6.07) is 18.3. The molecule has 0 unspecified atom stereocenters. The molecular weight excluding hydrogens is 290 g/mol. The molecule has 0 saturated carbocycles. The maximum atomic E-state index is 11.7. The number of rotatable bonds is 5. The zero-order valence-corrected chi connectivity index (χ0v) is 14.2. The van der Waals surface area contributed by atoms with E-state index in [1.54, 1.807) is 11.8 Å². The van der Waals surface area contributed by atoms with Crippen molar-refractivity contribution < 1.29 is 4.79 Å². The molecule has 3 heteroatoms. The van der Waals surface area contributed by atoms with E-state index in [0.29, 0.717) is 0 Å². The molecule has 2 rings (SSSR count). The fourth-order valence-corrected chi connectivity index (χ4v) is 3.32. The summed E-state index contributed by atoms with van der Waals surface area (Å²) >= 11 is 1.57. The molecule has 0 aliphatic carbocycles. The summed E-state index contributed by atoms with van der Waals surface area (Å²) in [6.07, 6.45) is 0. The largest absolute Gasteiger partial charge is 0.368 e. The van der Waals surface area contributed by atoms with Crippen LogP contribution >= 0.6 is 11.8 Å². The number of hydrogen-bond donors (Lipinski definition) is 1. The number of thioether (sulfide) groups is 1. The first kappa shape index (κ1) is 16.6. The second kappa shape index (κ2) is 7.01. The van der Waals surface area contributed by atoms with E-state index >= 15 is 0 Å². The lowest BCUT2D eigenvalue weighted by Crippen LogP contribution is -2.19. The molecule has 0 saturated heterocycles. The number of hydrogen-bond acceptors (Lipinski definition) is 2. The fraction of sp³-hybridized carbons (Fsp3) is 0.316. The average molecular weight is 313 g/mol. The third-order valence-corrected chi connectivity index (χ3v) is 4.94. The molecule has 0 bridgehead atoms. The Balaban J connectivity index is 2.06. The molecule has 0 aliphatic rings. The van der Waals surface area contributed by atoms with Crippen LogP contribution in [0.3, 0.4) is 0 Å². The lowest BCUT2D eigenvalue weighted by molar-refractivity contribution is -0.117. The predicted molar refractivity (Wildman–Crippen MR) is 94.8 cm³/mol. The molecule has 0 heterocycles. The molecule has 0 spiro atoms. The molecule has 1 amide bonds. The minimum atomic E-state index is -0.302. The van der Waals surface area contributed by atoms with Crippen LogP contribution in [-0.2, 0) is 16.0 Å². The lowest BCUT2D eigenvalue weighted by Gasteiger charge is -2.19. The van der Waals surface area contributed by atoms with Crippen molar-refractivity contribution in [2.75, 3.05) is 0 Å². The van der Waals surface area contributed by atoms with Crippen molar-refractivity contribution >= 4 is 17.7 Å². The Labute approximate surface area is 137 Å². The Hall–Kier alpha value is -1.74. The van der Waals surface area contributed by atoms with Gasteiger partial charge >= 0.3 is 0 Å². The molecule has 0 aromatic heterocycles. The second-order valence-corrected chi connectivity index (χ2v) is 7.54. The minimum Gasteiger partial charge on any atom is -0.368 e. The molecule has 2 aromatic rings. The third kappa shape index (κ3) is 4.38. The van der Waals surface area contributed by atoms with Crippen LogP contribution in [0.1, 0.15) is 42.7 Å². The Morgan fingerprint density at radius 3 is 2.14 bits per heavy atom. The second-order valence-electron chi connectivity index (χ2n) is 6.45. The highest BCUT2D eigenvalue weighted by Gasteiger charge is 2.18. The first-order chi connectivity index (χ1) is 10.4. The molecule has 0 fully saturated rings. The number of primary amides is 1. The van der Waals surface area contributed by atoms with Gasteiger partial charge in [0, 0.05) is 5.75 Å². The molecule has 0 radical (unpaired) electrons. The summed E-state index contributed by atoms with van der Waals surface area (Å²) in [7, 11) is 0. The van der Waals surface area contributed by atoms with Crippen LogP contribution in [0.25, 0.3) is 0 Å². The minimum absolute atomic E-state index is 0.158. The summed E-state index contributed by atoms with van der Waals surface area (Å²) in [6.45, 7) is 6.61. The highest BCUT2D eigenvalue weighted by Crippen LogP contribution is 2.32. The van der Waals surface area contributed by atoms with Crippen LogP contribution in [0.5, 0.6) is 0 Å². The van der Waals surface area contributed by atoms with Crippen LogP contribution in [0.2, 0.25) is 0 Å². The Morgan fingerprint density at radius 2 is 1.64 bits per heavy atom. The Bertz CT molecular complexity index is 614. The third-order valence-electron chi connectivity index (χ3n) is 3.60. The molecule has 2 aromatic carbocycles. The van der Waals surface area contributed by atoms with E-state index in [1.165, 1.54) is 11.1 Å². The summed E-state index contributed by atoms with van der Waals surface area (Å²) in [5.41, 5.74) is 9.20. The molecule has 0 aliphatic heterocycles. The molecule has 1 atom stereocenters. The number of amides is 1. The van der Waals surface area contributed by atoms with Gasteiger partial charge in [-0.3, -0.25) is 4.79 Å². The van der Waals surface area contributed by atoms with Crippen LogP contribution in [-0.4, -0.2) is 5.91 Å². The van der Waals surface area contributed by atoms with E-state index in [-0.39, 0.29) is 16.6 Å². The van der Waals surface area contributed by atoms with Gasteiger partial charge in [0.1, 0.15) is 5.25 Å². The maximum absolute atomic E-state index is 11.7. The van der Waals surface area contributed by atoms with Crippen molar-refractivity contribution in [1.82, 2.24) is 0 Å². The normalized spacial score (nSPS) is 12.9. The van der Waals surface area contributed by atoms with Gasteiger partial charge < -0.3 is 5.73 Å². The van der Waals surface area contributed by atoms with Gasteiger partial charge in [-0.05, 0) is 22.1 Å². The van der Waals surface area contributed by atoms with Crippen molar-refractivity contribution in [3.8, 4) is 0 Å². The van der Waals surface area contributed by atoms with Gasteiger partial charge in [-0.1, -0.05) is 75.4 Å². The molecule has 22 heavy (non-hydrogen) atoms. The van der Waals surface area contributed by atoms with Crippen LogP contribution < -0.4 is 5.73 Å². The zero-order chi connectivity index (χ0) is 16.2. The van der Waals surface area contributed by atoms with Crippen molar-refractivity contribution in [3.63, 3.8) is 0 Å². The zero-order valence-electron chi connectivity index (χ0n) is 13.4. The van der Waals surface area contributed by atoms with E-state index in [1.807, 2.05) is 30.3 Å². The fourth-order valence-electron chi connectivity index (χ4n) is 2.25. The predicted octanol–water partition coefficient (Wildman–Crippen LogP) is 4.44. The van der Waals surface area contributed by atoms with Gasteiger partial charge in [-0.25, -0.2) is 0 Å². The Kier molecular flexibility index (Phi) is 5.30. The van der Waals surface area contributed by atoms with Crippen molar-refractivity contribution in [3.05, 3.63) is 71.3 Å². The van der Waals surface area contributed by atoms with Crippen molar-refractivity contribution in [1.29, 1.82) is 0 Å². The van der Waals surface area contributed by atoms with Gasteiger partial charge in [-0.2, -0.15) is 0 Å².